The van der Waals surface area contributed by atoms with E-state index < -0.39 is 22.0 Å². The number of carboxylic acid groups (broad SMARTS) is 1. The molecule has 0 aliphatic heterocycles. The van der Waals surface area contributed by atoms with Crippen molar-refractivity contribution in [1.82, 2.24) is 9.71 Å². The lowest BCUT2D eigenvalue weighted by Gasteiger charge is -2.14. The van der Waals surface area contributed by atoms with Crippen molar-refractivity contribution >= 4 is 16.0 Å². The molecule has 0 bridgehead atoms. The fourth-order valence-electron chi connectivity index (χ4n) is 1.79. The van der Waals surface area contributed by atoms with Crippen LogP contribution in [0.15, 0.2) is 53.6 Å². The van der Waals surface area contributed by atoms with Crippen LogP contribution in [0.4, 0.5) is 0 Å². The van der Waals surface area contributed by atoms with Gasteiger partial charge in [0, 0.05) is 6.20 Å². The van der Waals surface area contributed by atoms with E-state index in [4.69, 9.17) is 5.11 Å². The summed E-state index contributed by atoms with van der Waals surface area (Å²) >= 11 is 0. The Balaban J connectivity index is 2.26. The Morgan fingerprint density at radius 3 is 2.62 bits per heavy atom. The van der Waals surface area contributed by atoms with E-state index in [2.05, 4.69) is 9.71 Å². The van der Waals surface area contributed by atoms with Crippen molar-refractivity contribution in [3.8, 4) is 0 Å². The SMILES string of the molecule is C[C@H](NS(=O)(=O)c1cccc(C(=O)O)c1)c1ccccn1. The minimum atomic E-state index is -3.82. The van der Waals surface area contributed by atoms with Gasteiger partial charge < -0.3 is 5.11 Å². The third kappa shape index (κ3) is 3.65. The van der Waals surface area contributed by atoms with Crippen LogP contribution in [-0.2, 0) is 10.0 Å². The second-order valence-electron chi connectivity index (χ2n) is 4.43. The summed E-state index contributed by atoms with van der Waals surface area (Å²) in [5.74, 6) is -1.18. The van der Waals surface area contributed by atoms with Crippen LogP contribution in [0, 0.1) is 0 Å². The van der Waals surface area contributed by atoms with Crippen molar-refractivity contribution in [2.24, 2.45) is 0 Å². The van der Waals surface area contributed by atoms with Gasteiger partial charge in [0.1, 0.15) is 0 Å². The Hall–Kier alpha value is -2.25. The van der Waals surface area contributed by atoms with Crippen LogP contribution in [0.5, 0.6) is 0 Å². The minimum Gasteiger partial charge on any atom is -0.478 e. The minimum absolute atomic E-state index is 0.0802. The number of sulfonamides is 1. The van der Waals surface area contributed by atoms with E-state index in [-0.39, 0.29) is 10.5 Å². The molecule has 21 heavy (non-hydrogen) atoms. The fraction of sp³-hybridized carbons (Fsp3) is 0.143. The number of carbonyl (C=O) groups is 1. The summed E-state index contributed by atoms with van der Waals surface area (Å²) in [5.41, 5.74) is 0.499. The van der Waals surface area contributed by atoms with E-state index in [0.717, 1.165) is 6.07 Å². The molecule has 0 saturated carbocycles. The maximum Gasteiger partial charge on any atom is 0.335 e. The molecule has 7 heteroatoms. The molecule has 2 rings (SSSR count). The lowest BCUT2D eigenvalue weighted by atomic mass is 10.2. The second-order valence-corrected chi connectivity index (χ2v) is 6.14. The van der Waals surface area contributed by atoms with Crippen LogP contribution in [0.1, 0.15) is 29.0 Å². The first-order chi connectivity index (χ1) is 9.90. The van der Waals surface area contributed by atoms with Crippen molar-refractivity contribution in [1.29, 1.82) is 0 Å². The Morgan fingerprint density at radius 2 is 2.00 bits per heavy atom. The number of benzene rings is 1. The summed E-state index contributed by atoms with van der Waals surface area (Å²) in [5, 5.41) is 8.91. The van der Waals surface area contributed by atoms with Gasteiger partial charge in [0.05, 0.1) is 22.2 Å². The van der Waals surface area contributed by atoms with Gasteiger partial charge in [-0.3, -0.25) is 4.98 Å². The van der Waals surface area contributed by atoms with Gasteiger partial charge >= 0.3 is 5.97 Å². The molecule has 0 aliphatic carbocycles. The molecule has 1 aromatic carbocycles. The largest absolute Gasteiger partial charge is 0.478 e. The Kier molecular flexibility index (Phi) is 4.35. The van der Waals surface area contributed by atoms with Gasteiger partial charge in [0.2, 0.25) is 10.0 Å². The van der Waals surface area contributed by atoms with E-state index in [0.29, 0.717) is 5.69 Å². The molecule has 1 atom stereocenters. The molecule has 0 saturated heterocycles. The molecule has 0 aliphatic rings. The molecule has 0 amide bonds. The van der Waals surface area contributed by atoms with E-state index in [9.17, 15) is 13.2 Å². The van der Waals surface area contributed by atoms with Gasteiger partial charge in [-0.2, -0.15) is 0 Å². The summed E-state index contributed by atoms with van der Waals surface area (Å²) in [6, 6.07) is 9.88. The second kappa shape index (κ2) is 6.02. The van der Waals surface area contributed by atoms with Crippen LogP contribution >= 0.6 is 0 Å². The van der Waals surface area contributed by atoms with Gasteiger partial charge in [-0.15, -0.1) is 0 Å². The number of hydrogen-bond donors (Lipinski definition) is 2. The molecule has 0 fully saturated rings. The molecule has 110 valence electrons. The molecule has 2 N–H and O–H groups in total. The van der Waals surface area contributed by atoms with Crippen molar-refractivity contribution in [3.05, 3.63) is 59.9 Å². The first kappa shape index (κ1) is 15.1. The molecular formula is C14H14N2O4S. The van der Waals surface area contributed by atoms with Crippen LogP contribution in [0.25, 0.3) is 0 Å². The standard InChI is InChI=1S/C14H14N2O4S/c1-10(13-7-2-3-8-15-13)16-21(19,20)12-6-4-5-11(9-12)14(17)18/h2-10,16H,1H3,(H,17,18)/t10-/m0/s1. The van der Waals surface area contributed by atoms with Gasteiger partial charge in [-0.05, 0) is 37.3 Å². The Labute approximate surface area is 122 Å². The van der Waals surface area contributed by atoms with Crippen molar-refractivity contribution in [2.75, 3.05) is 0 Å². The predicted molar refractivity (Wildman–Crippen MR) is 76.4 cm³/mol. The summed E-state index contributed by atoms with van der Waals surface area (Å²) in [4.78, 5) is 14.9. The molecular weight excluding hydrogens is 292 g/mol. The Morgan fingerprint density at radius 1 is 1.24 bits per heavy atom. The number of aromatic nitrogens is 1. The molecule has 0 radical (unpaired) electrons. The molecule has 6 nitrogen and oxygen atoms in total. The van der Waals surface area contributed by atoms with Crippen molar-refractivity contribution < 1.29 is 18.3 Å². The first-order valence-electron chi connectivity index (χ1n) is 6.17. The monoisotopic (exact) mass is 306 g/mol. The van der Waals surface area contributed by atoms with E-state index >= 15 is 0 Å². The third-order valence-electron chi connectivity index (χ3n) is 2.85. The van der Waals surface area contributed by atoms with Crippen LogP contribution in [0.3, 0.4) is 0 Å². The Bertz CT molecular complexity index is 745. The van der Waals surface area contributed by atoms with Gasteiger partial charge in [0.15, 0.2) is 0 Å². The zero-order valence-electron chi connectivity index (χ0n) is 11.2. The zero-order valence-corrected chi connectivity index (χ0v) is 12.0. The molecule has 1 aromatic heterocycles. The van der Waals surface area contributed by atoms with Crippen molar-refractivity contribution in [3.63, 3.8) is 0 Å². The molecule has 0 unspecified atom stereocenters. The normalized spacial score (nSPS) is 12.8. The average Bonchev–Trinajstić information content (AvgIpc) is 2.48. The van der Waals surface area contributed by atoms with E-state index in [1.54, 1.807) is 31.3 Å². The average molecular weight is 306 g/mol. The highest BCUT2D eigenvalue weighted by Gasteiger charge is 2.20. The highest BCUT2D eigenvalue weighted by atomic mass is 32.2. The molecule has 0 spiro atoms. The van der Waals surface area contributed by atoms with E-state index in [1.807, 2.05) is 0 Å². The molecule has 2 aromatic rings. The number of carboxylic acids is 1. The van der Waals surface area contributed by atoms with E-state index in [1.165, 1.54) is 18.2 Å². The third-order valence-corrected chi connectivity index (χ3v) is 4.39. The number of nitrogens with one attached hydrogen (secondary N) is 1. The van der Waals surface area contributed by atoms with Crippen LogP contribution in [0.2, 0.25) is 0 Å². The highest BCUT2D eigenvalue weighted by Crippen LogP contribution is 2.16. The van der Waals surface area contributed by atoms with Crippen LogP contribution in [-0.4, -0.2) is 24.5 Å². The lowest BCUT2D eigenvalue weighted by molar-refractivity contribution is 0.0696. The maximum atomic E-state index is 12.3. The number of hydrogen-bond acceptors (Lipinski definition) is 4. The zero-order chi connectivity index (χ0) is 15.5. The van der Waals surface area contributed by atoms with Crippen LogP contribution < -0.4 is 4.72 Å². The number of pyridine rings is 1. The van der Waals surface area contributed by atoms with Gasteiger partial charge in [0.25, 0.3) is 0 Å². The maximum absolute atomic E-state index is 12.3. The van der Waals surface area contributed by atoms with Gasteiger partial charge in [-0.1, -0.05) is 12.1 Å². The smallest absolute Gasteiger partial charge is 0.335 e. The number of aromatic carboxylic acids is 1. The predicted octanol–water partition coefficient (Wildman–Crippen LogP) is 1.82. The van der Waals surface area contributed by atoms with Gasteiger partial charge in [-0.25, -0.2) is 17.9 Å². The lowest BCUT2D eigenvalue weighted by Crippen LogP contribution is -2.27. The quantitative estimate of drug-likeness (QED) is 0.878. The number of rotatable bonds is 5. The topological polar surface area (TPSA) is 96.4 Å². The van der Waals surface area contributed by atoms with Crippen molar-refractivity contribution in [2.45, 2.75) is 17.9 Å². The fourth-order valence-corrected chi connectivity index (χ4v) is 3.05. The highest BCUT2D eigenvalue weighted by molar-refractivity contribution is 7.89. The number of nitrogens with zero attached hydrogens (tertiary/aromatic N) is 1. The summed E-state index contributed by atoms with van der Waals surface area (Å²) < 4.78 is 27.0. The summed E-state index contributed by atoms with van der Waals surface area (Å²) in [7, 11) is -3.82. The first-order valence-corrected chi connectivity index (χ1v) is 7.65. The molecule has 1 heterocycles. The summed E-state index contributed by atoms with van der Waals surface area (Å²) in [6.07, 6.45) is 1.57. The summed E-state index contributed by atoms with van der Waals surface area (Å²) in [6.45, 7) is 1.67.